The van der Waals surface area contributed by atoms with Crippen LogP contribution in [0.4, 0.5) is 4.39 Å². The average Bonchev–Trinajstić information content (AvgIpc) is 2.02. The third-order valence-corrected chi connectivity index (χ3v) is 2.54. The van der Waals surface area contributed by atoms with Crippen LogP contribution in [0, 0.1) is 12.9 Å². The lowest BCUT2D eigenvalue weighted by Gasteiger charge is -2.00. The van der Waals surface area contributed by atoms with Gasteiger partial charge in [0.15, 0.2) is 0 Å². The Morgan fingerprint density at radius 2 is 2.08 bits per heavy atom. The van der Waals surface area contributed by atoms with E-state index in [1.807, 2.05) is 25.1 Å². The van der Waals surface area contributed by atoms with Crippen LogP contribution in [-0.4, -0.2) is 4.98 Å². The lowest BCUT2D eigenvalue weighted by molar-refractivity contribution is 0.588. The van der Waals surface area contributed by atoms with E-state index in [0.717, 1.165) is 15.4 Å². The molecule has 0 radical (unpaired) electrons. The minimum absolute atomic E-state index is 0.454. The summed E-state index contributed by atoms with van der Waals surface area (Å²) in [6.45, 7) is 1.96. The van der Waals surface area contributed by atoms with E-state index in [1.54, 1.807) is 0 Å². The number of benzene rings is 1. The van der Waals surface area contributed by atoms with E-state index in [-0.39, 0.29) is 0 Å². The van der Waals surface area contributed by atoms with E-state index in [9.17, 15) is 4.39 Å². The fourth-order valence-electron chi connectivity index (χ4n) is 1.27. The Bertz CT molecular complexity index is 462. The van der Waals surface area contributed by atoms with Crippen molar-refractivity contribution < 1.29 is 4.39 Å². The number of pyridine rings is 1. The monoisotopic (exact) mass is 239 g/mol. The van der Waals surface area contributed by atoms with Crippen LogP contribution in [-0.2, 0) is 0 Å². The average molecular weight is 240 g/mol. The molecule has 0 aliphatic rings. The molecule has 0 N–H and O–H groups in total. The van der Waals surface area contributed by atoms with Gasteiger partial charge in [0.1, 0.15) is 0 Å². The molecule has 0 aliphatic heterocycles. The fourth-order valence-corrected chi connectivity index (χ4v) is 1.79. The van der Waals surface area contributed by atoms with Crippen molar-refractivity contribution in [1.29, 1.82) is 0 Å². The van der Waals surface area contributed by atoms with Gasteiger partial charge >= 0.3 is 0 Å². The molecule has 0 bridgehead atoms. The maximum Gasteiger partial charge on any atom is 0.214 e. The first-order valence-corrected chi connectivity index (χ1v) is 4.68. The summed E-state index contributed by atoms with van der Waals surface area (Å²) in [5.74, 6) is -0.454. The Morgan fingerprint density at radius 3 is 2.85 bits per heavy atom. The molecule has 0 atom stereocenters. The first kappa shape index (κ1) is 8.63. The van der Waals surface area contributed by atoms with Gasteiger partial charge < -0.3 is 0 Å². The molecular weight excluding hydrogens is 233 g/mol. The molecule has 2 aromatic rings. The zero-order chi connectivity index (χ0) is 9.42. The second kappa shape index (κ2) is 3.07. The Labute approximate surface area is 83.7 Å². The molecule has 1 aromatic heterocycles. The number of hydrogen-bond acceptors (Lipinski definition) is 1. The molecule has 1 nitrogen and oxygen atoms in total. The largest absolute Gasteiger partial charge is 0.220 e. The summed E-state index contributed by atoms with van der Waals surface area (Å²) in [7, 11) is 0. The quantitative estimate of drug-likeness (QED) is 0.642. The summed E-state index contributed by atoms with van der Waals surface area (Å²) in [5, 5.41) is 0.937. The third kappa shape index (κ3) is 1.56. The van der Waals surface area contributed by atoms with E-state index >= 15 is 0 Å². The first-order chi connectivity index (χ1) is 6.16. The van der Waals surface area contributed by atoms with Crippen LogP contribution >= 0.6 is 15.9 Å². The summed E-state index contributed by atoms with van der Waals surface area (Å²) in [4.78, 5) is 3.80. The number of nitrogens with zero attached hydrogens (tertiary/aromatic N) is 1. The van der Waals surface area contributed by atoms with Crippen LogP contribution in [0.2, 0.25) is 0 Å². The standard InChI is InChI=1S/C10H7BrFN/c1-6-2-3-7-8(11)5-10(12)13-9(7)4-6/h2-5H,1H3. The van der Waals surface area contributed by atoms with Crippen LogP contribution in [0.5, 0.6) is 0 Å². The number of aryl methyl sites for hydroxylation is 1. The predicted octanol–water partition coefficient (Wildman–Crippen LogP) is 3.44. The summed E-state index contributed by atoms with van der Waals surface area (Å²) < 4.78 is 13.6. The van der Waals surface area contributed by atoms with Crippen LogP contribution in [0.1, 0.15) is 5.56 Å². The highest BCUT2D eigenvalue weighted by Gasteiger charge is 2.02. The number of aromatic nitrogens is 1. The Morgan fingerprint density at radius 1 is 1.31 bits per heavy atom. The van der Waals surface area contributed by atoms with Gasteiger partial charge in [0, 0.05) is 15.9 Å². The predicted molar refractivity (Wildman–Crippen MR) is 54.1 cm³/mol. The number of rotatable bonds is 0. The number of fused-ring (bicyclic) bond motifs is 1. The van der Waals surface area contributed by atoms with Gasteiger partial charge in [-0.05, 0) is 34.5 Å². The van der Waals surface area contributed by atoms with Crippen LogP contribution in [0.15, 0.2) is 28.7 Å². The minimum Gasteiger partial charge on any atom is -0.220 e. The SMILES string of the molecule is Cc1ccc2c(Br)cc(F)nc2c1. The fraction of sp³-hybridized carbons (Fsp3) is 0.100. The number of hydrogen-bond donors (Lipinski definition) is 0. The maximum absolute atomic E-state index is 12.9. The summed E-state index contributed by atoms with van der Waals surface area (Å²) in [6, 6.07) is 7.15. The molecule has 66 valence electrons. The van der Waals surface area contributed by atoms with E-state index in [1.165, 1.54) is 6.07 Å². The lowest BCUT2D eigenvalue weighted by atomic mass is 10.1. The highest BCUT2D eigenvalue weighted by Crippen LogP contribution is 2.23. The first-order valence-electron chi connectivity index (χ1n) is 3.89. The molecule has 0 unspecified atom stereocenters. The van der Waals surface area contributed by atoms with Gasteiger partial charge in [-0.25, -0.2) is 4.98 Å². The lowest BCUT2D eigenvalue weighted by Crippen LogP contribution is -1.86. The van der Waals surface area contributed by atoms with Crippen molar-refractivity contribution in [3.63, 3.8) is 0 Å². The molecule has 0 saturated heterocycles. The van der Waals surface area contributed by atoms with Gasteiger partial charge in [0.05, 0.1) is 5.52 Å². The molecule has 0 saturated carbocycles. The van der Waals surface area contributed by atoms with Gasteiger partial charge in [0.2, 0.25) is 5.95 Å². The molecule has 13 heavy (non-hydrogen) atoms. The van der Waals surface area contributed by atoms with E-state index in [2.05, 4.69) is 20.9 Å². The van der Waals surface area contributed by atoms with Crippen molar-refractivity contribution in [2.45, 2.75) is 6.92 Å². The highest BCUT2D eigenvalue weighted by molar-refractivity contribution is 9.10. The molecule has 0 aliphatic carbocycles. The maximum atomic E-state index is 12.9. The number of halogens is 2. The van der Waals surface area contributed by atoms with Gasteiger partial charge in [-0.3, -0.25) is 0 Å². The molecular formula is C10H7BrFN. The highest BCUT2D eigenvalue weighted by atomic mass is 79.9. The molecule has 0 spiro atoms. The second-order valence-corrected chi connectivity index (χ2v) is 3.80. The Kier molecular flexibility index (Phi) is 2.04. The van der Waals surface area contributed by atoms with Gasteiger partial charge in [-0.15, -0.1) is 0 Å². The zero-order valence-electron chi connectivity index (χ0n) is 7.01. The van der Waals surface area contributed by atoms with Gasteiger partial charge in [-0.1, -0.05) is 12.1 Å². The Hall–Kier alpha value is -0.960. The third-order valence-electron chi connectivity index (χ3n) is 1.88. The molecule has 1 heterocycles. The topological polar surface area (TPSA) is 12.9 Å². The van der Waals surface area contributed by atoms with E-state index in [4.69, 9.17) is 0 Å². The Balaban J connectivity index is 2.86. The van der Waals surface area contributed by atoms with Gasteiger partial charge in [0.25, 0.3) is 0 Å². The van der Waals surface area contributed by atoms with Crippen molar-refractivity contribution in [2.75, 3.05) is 0 Å². The summed E-state index contributed by atoms with van der Waals surface area (Å²) >= 11 is 3.29. The van der Waals surface area contributed by atoms with Crippen LogP contribution in [0.3, 0.4) is 0 Å². The molecule has 0 fully saturated rings. The van der Waals surface area contributed by atoms with Gasteiger partial charge in [-0.2, -0.15) is 4.39 Å². The van der Waals surface area contributed by atoms with E-state index < -0.39 is 5.95 Å². The van der Waals surface area contributed by atoms with Crippen LogP contribution < -0.4 is 0 Å². The van der Waals surface area contributed by atoms with Crippen molar-refractivity contribution in [3.05, 3.63) is 40.2 Å². The molecule has 3 heteroatoms. The van der Waals surface area contributed by atoms with Crippen molar-refractivity contribution in [1.82, 2.24) is 4.98 Å². The minimum atomic E-state index is -0.454. The smallest absolute Gasteiger partial charge is 0.214 e. The molecule has 2 rings (SSSR count). The summed E-state index contributed by atoms with van der Waals surface area (Å²) in [6.07, 6.45) is 0. The summed E-state index contributed by atoms with van der Waals surface area (Å²) in [5.41, 5.74) is 1.77. The van der Waals surface area contributed by atoms with Crippen molar-refractivity contribution in [2.24, 2.45) is 0 Å². The van der Waals surface area contributed by atoms with Crippen molar-refractivity contribution in [3.8, 4) is 0 Å². The normalized spacial score (nSPS) is 10.7. The second-order valence-electron chi connectivity index (χ2n) is 2.95. The molecule has 0 amide bonds. The zero-order valence-corrected chi connectivity index (χ0v) is 8.60. The van der Waals surface area contributed by atoms with E-state index in [0.29, 0.717) is 5.52 Å². The van der Waals surface area contributed by atoms with Crippen LogP contribution in [0.25, 0.3) is 10.9 Å². The van der Waals surface area contributed by atoms with Crippen molar-refractivity contribution >= 4 is 26.8 Å². The molecule has 1 aromatic carbocycles.